The maximum Gasteiger partial charge on any atom is 0.335 e. The van der Waals surface area contributed by atoms with Crippen molar-refractivity contribution in [1.82, 2.24) is 4.31 Å². The van der Waals surface area contributed by atoms with E-state index in [0.29, 0.717) is 12.1 Å². The second-order valence-electron chi connectivity index (χ2n) is 5.05. The van der Waals surface area contributed by atoms with Gasteiger partial charge in [-0.05, 0) is 37.5 Å². The average molecular weight is 298 g/mol. The normalized spacial score (nSPS) is 20.8. The van der Waals surface area contributed by atoms with Gasteiger partial charge in [0.25, 0.3) is 0 Å². The highest BCUT2D eigenvalue weighted by Gasteiger charge is 2.29. The van der Waals surface area contributed by atoms with Gasteiger partial charge >= 0.3 is 5.97 Å². The molecule has 0 amide bonds. The third-order valence-corrected chi connectivity index (χ3v) is 5.36. The van der Waals surface area contributed by atoms with Gasteiger partial charge in [-0.1, -0.05) is 6.07 Å². The van der Waals surface area contributed by atoms with Crippen molar-refractivity contribution >= 4 is 16.0 Å². The lowest BCUT2D eigenvalue weighted by molar-refractivity contribution is 0.0696. The molecule has 1 heterocycles. The van der Waals surface area contributed by atoms with E-state index in [1.165, 1.54) is 22.5 Å². The van der Waals surface area contributed by atoms with Gasteiger partial charge in [0.05, 0.1) is 10.5 Å². The molecule has 1 unspecified atom stereocenters. The molecule has 1 aliphatic rings. The first-order valence-corrected chi connectivity index (χ1v) is 7.86. The minimum atomic E-state index is -3.68. The molecular formula is C13H18N2O4S. The van der Waals surface area contributed by atoms with Crippen molar-refractivity contribution in [3.63, 3.8) is 0 Å². The molecule has 1 aliphatic heterocycles. The first kappa shape index (κ1) is 15.0. The van der Waals surface area contributed by atoms with Crippen molar-refractivity contribution in [2.45, 2.75) is 30.7 Å². The molecule has 0 bridgehead atoms. The van der Waals surface area contributed by atoms with E-state index in [9.17, 15) is 13.2 Å². The number of nitrogens with zero attached hydrogens (tertiary/aromatic N) is 1. The Morgan fingerprint density at radius 3 is 2.75 bits per heavy atom. The summed E-state index contributed by atoms with van der Waals surface area (Å²) in [5.74, 6) is -1.13. The third kappa shape index (κ3) is 2.84. The Morgan fingerprint density at radius 1 is 1.45 bits per heavy atom. The van der Waals surface area contributed by atoms with Gasteiger partial charge in [0.2, 0.25) is 10.0 Å². The fraction of sp³-hybridized carbons (Fsp3) is 0.462. The van der Waals surface area contributed by atoms with E-state index < -0.39 is 16.0 Å². The number of benzene rings is 1. The number of carbonyl (C=O) groups is 1. The van der Waals surface area contributed by atoms with Gasteiger partial charge in [-0.15, -0.1) is 0 Å². The Labute approximate surface area is 118 Å². The standard InChI is InChI=1S/C13H18N2O4S/c1-9-4-5-11(7-12(9)13(16)17)20(18,19)15-6-2-3-10(14)8-15/h4-5,7,10H,2-3,6,8,14H2,1H3,(H,16,17). The molecule has 0 aromatic heterocycles. The molecule has 1 aromatic rings. The summed E-state index contributed by atoms with van der Waals surface area (Å²) in [6.07, 6.45) is 1.53. The zero-order valence-electron chi connectivity index (χ0n) is 11.2. The number of hydrogen-bond acceptors (Lipinski definition) is 4. The van der Waals surface area contributed by atoms with Crippen LogP contribution in [-0.2, 0) is 10.0 Å². The van der Waals surface area contributed by atoms with Gasteiger partial charge in [0, 0.05) is 19.1 Å². The molecule has 3 N–H and O–H groups in total. The van der Waals surface area contributed by atoms with E-state index in [0.717, 1.165) is 12.8 Å². The van der Waals surface area contributed by atoms with Gasteiger partial charge in [0.1, 0.15) is 0 Å². The fourth-order valence-electron chi connectivity index (χ4n) is 2.33. The largest absolute Gasteiger partial charge is 0.478 e. The van der Waals surface area contributed by atoms with Crippen LogP contribution in [0.1, 0.15) is 28.8 Å². The van der Waals surface area contributed by atoms with Crippen LogP contribution in [0, 0.1) is 6.92 Å². The van der Waals surface area contributed by atoms with Crippen molar-refractivity contribution in [1.29, 1.82) is 0 Å². The van der Waals surface area contributed by atoms with Crippen molar-refractivity contribution in [2.24, 2.45) is 5.73 Å². The number of carboxylic acids is 1. The first-order chi connectivity index (χ1) is 9.32. The van der Waals surface area contributed by atoms with E-state index >= 15 is 0 Å². The average Bonchev–Trinajstić information content (AvgIpc) is 2.38. The summed E-state index contributed by atoms with van der Waals surface area (Å²) in [7, 11) is -3.68. The molecular weight excluding hydrogens is 280 g/mol. The fourth-order valence-corrected chi connectivity index (χ4v) is 3.90. The lowest BCUT2D eigenvalue weighted by Crippen LogP contribution is -2.45. The minimum Gasteiger partial charge on any atom is -0.478 e. The van der Waals surface area contributed by atoms with E-state index in [4.69, 9.17) is 10.8 Å². The summed E-state index contributed by atoms with van der Waals surface area (Å²) >= 11 is 0. The monoisotopic (exact) mass is 298 g/mol. The lowest BCUT2D eigenvalue weighted by atomic mass is 10.1. The highest BCUT2D eigenvalue weighted by atomic mass is 32.2. The Bertz CT molecular complexity index is 627. The van der Waals surface area contributed by atoms with Crippen LogP contribution >= 0.6 is 0 Å². The molecule has 1 fully saturated rings. The SMILES string of the molecule is Cc1ccc(S(=O)(=O)N2CCCC(N)C2)cc1C(=O)O. The van der Waals surface area contributed by atoms with Crippen LogP contribution in [0.3, 0.4) is 0 Å². The number of piperidine rings is 1. The number of nitrogens with two attached hydrogens (primary N) is 1. The van der Waals surface area contributed by atoms with Crippen molar-refractivity contribution in [3.8, 4) is 0 Å². The third-order valence-electron chi connectivity index (χ3n) is 3.50. The zero-order chi connectivity index (χ0) is 14.9. The predicted molar refractivity (Wildman–Crippen MR) is 74.1 cm³/mol. The molecule has 110 valence electrons. The smallest absolute Gasteiger partial charge is 0.335 e. The molecule has 1 atom stereocenters. The first-order valence-electron chi connectivity index (χ1n) is 6.42. The van der Waals surface area contributed by atoms with Crippen LogP contribution in [0.4, 0.5) is 0 Å². The maximum absolute atomic E-state index is 12.5. The number of aryl methyl sites for hydroxylation is 1. The number of rotatable bonds is 3. The van der Waals surface area contributed by atoms with Gasteiger partial charge in [-0.2, -0.15) is 4.31 Å². The number of carboxylic acid groups (broad SMARTS) is 1. The lowest BCUT2D eigenvalue weighted by Gasteiger charge is -2.30. The van der Waals surface area contributed by atoms with Gasteiger partial charge in [-0.3, -0.25) is 0 Å². The van der Waals surface area contributed by atoms with E-state index in [1.807, 2.05) is 0 Å². The molecule has 0 spiro atoms. The molecule has 20 heavy (non-hydrogen) atoms. The van der Waals surface area contributed by atoms with Gasteiger partial charge in [0.15, 0.2) is 0 Å². The minimum absolute atomic E-state index is 0.00684. The molecule has 1 saturated heterocycles. The summed E-state index contributed by atoms with van der Waals surface area (Å²) in [6.45, 7) is 2.33. The predicted octanol–water partition coefficient (Wildman–Crippen LogP) is 0.805. The number of sulfonamides is 1. The summed E-state index contributed by atoms with van der Waals surface area (Å²) in [4.78, 5) is 11.1. The van der Waals surface area contributed by atoms with Crippen LogP contribution in [-0.4, -0.2) is 42.9 Å². The summed E-state index contributed by atoms with van der Waals surface area (Å²) < 4.78 is 26.3. The van der Waals surface area contributed by atoms with E-state index in [2.05, 4.69) is 0 Å². The Kier molecular flexibility index (Phi) is 4.12. The van der Waals surface area contributed by atoms with Crippen LogP contribution in [0.2, 0.25) is 0 Å². The quantitative estimate of drug-likeness (QED) is 0.860. The summed E-state index contributed by atoms with van der Waals surface area (Å²) in [5, 5.41) is 9.08. The van der Waals surface area contributed by atoms with Gasteiger partial charge in [-0.25, -0.2) is 13.2 Å². The molecule has 7 heteroatoms. The van der Waals surface area contributed by atoms with Crippen LogP contribution in [0.15, 0.2) is 23.1 Å². The molecule has 6 nitrogen and oxygen atoms in total. The number of aromatic carboxylic acids is 1. The van der Waals surface area contributed by atoms with Gasteiger partial charge < -0.3 is 10.8 Å². The summed E-state index contributed by atoms with van der Waals surface area (Å²) in [5.41, 5.74) is 6.34. The second-order valence-corrected chi connectivity index (χ2v) is 6.99. The van der Waals surface area contributed by atoms with E-state index in [1.54, 1.807) is 6.92 Å². The summed E-state index contributed by atoms with van der Waals surface area (Å²) in [6, 6.07) is 4.01. The zero-order valence-corrected chi connectivity index (χ0v) is 12.1. The molecule has 2 rings (SSSR count). The Balaban J connectivity index is 2.39. The topological polar surface area (TPSA) is 101 Å². The van der Waals surface area contributed by atoms with E-state index in [-0.39, 0.29) is 23.0 Å². The Hall–Kier alpha value is -1.44. The second kappa shape index (κ2) is 5.51. The Morgan fingerprint density at radius 2 is 2.15 bits per heavy atom. The molecule has 0 aliphatic carbocycles. The molecule has 0 saturated carbocycles. The van der Waals surface area contributed by atoms with Crippen molar-refractivity contribution in [3.05, 3.63) is 29.3 Å². The number of hydrogen-bond donors (Lipinski definition) is 2. The van der Waals surface area contributed by atoms with Crippen LogP contribution in [0.5, 0.6) is 0 Å². The van der Waals surface area contributed by atoms with Crippen molar-refractivity contribution in [2.75, 3.05) is 13.1 Å². The van der Waals surface area contributed by atoms with Crippen LogP contribution in [0.25, 0.3) is 0 Å². The highest BCUT2D eigenvalue weighted by molar-refractivity contribution is 7.89. The van der Waals surface area contributed by atoms with Crippen LogP contribution < -0.4 is 5.73 Å². The molecule has 1 aromatic carbocycles. The van der Waals surface area contributed by atoms with Crippen molar-refractivity contribution < 1.29 is 18.3 Å². The maximum atomic E-state index is 12.5. The molecule has 0 radical (unpaired) electrons. The highest BCUT2D eigenvalue weighted by Crippen LogP contribution is 2.22.